The first-order chi connectivity index (χ1) is 6.83. The number of hydrogen-bond donors (Lipinski definition) is 1. The molecular formula is C9H11N3OS. The molecule has 0 unspecified atom stereocenters. The molecule has 0 aromatic carbocycles. The molecule has 0 spiro atoms. The third-order valence-electron chi connectivity index (χ3n) is 1.91. The lowest BCUT2D eigenvalue weighted by atomic mass is 10.4. The van der Waals surface area contributed by atoms with Crippen LogP contribution in [0.25, 0.3) is 4.96 Å². The number of aromatic nitrogens is 2. The average Bonchev–Trinajstić information content (AvgIpc) is 2.74. The third-order valence-corrected chi connectivity index (χ3v) is 2.76. The third kappa shape index (κ3) is 1.50. The van der Waals surface area contributed by atoms with Crippen LogP contribution in [-0.2, 0) is 0 Å². The molecule has 2 heterocycles. The molecule has 0 aliphatic rings. The van der Waals surface area contributed by atoms with Crippen LogP contribution < -0.4 is 5.32 Å². The lowest BCUT2D eigenvalue weighted by Gasteiger charge is -2.00. The topological polar surface area (TPSA) is 46.4 Å². The van der Waals surface area contributed by atoms with Gasteiger partial charge in [0.1, 0.15) is 5.69 Å². The van der Waals surface area contributed by atoms with Gasteiger partial charge in [0.15, 0.2) is 4.96 Å². The van der Waals surface area contributed by atoms with Gasteiger partial charge in [-0.2, -0.15) is 0 Å². The zero-order valence-electron chi connectivity index (χ0n) is 7.86. The molecule has 2 aromatic heterocycles. The molecule has 4 nitrogen and oxygen atoms in total. The highest BCUT2D eigenvalue weighted by Crippen LogP contribution is 2.13. The van der Waals surface area contributed by atoms with Crippen molar-refractivity contribution in [3.63, 3.8) is 0 Å². The Morgan fingerprint density at radius 1 is 1.71 bits per heavy atom. The second kappa shape index (κ2) is 3.79. The van der Waals surface area contributed by atoms with E-state index in [1.165, 1.54) is 11.3 Å². The van der Waals surface area contributed by atoms with E-state index >= 15 is 0 Å². The summed E-state index contributed by atoms with van der Waals surface area (Å²) in [6.45, 7) is 2.74. The quantitative estimate of drug-likeness (QED) is 0.833. The molecule has 74 valence electrons. The van der Waals surface area contributed by atoms with Gasteiger partial charge in [0.2, 0.25) is 0 Å². The molecule has 0 bridgehead atoms. The van der Waals surface area contributed by atoms with E-state index in [-0.39, 0.29) is 5.91 Å². The summed E-state index contributed by atoms with van der Waals surface area (Å²) in [7, 11) is 0. The number of thiazole rings is 1. The van der Waals surface area contributed by atoms with E-state index in [9.17, 15) is 4.79 Å². The Morgan fingerprint density at radius 3 is 3.36 bits per heavy atom. The SMILES string of the molecule is CCCNC(=O)c1csc2nccn12. The number of hydrogen-bond acceptors (Lipinski definition) is 3. The minimum Gasteiger partial charge on any atom is -0.351 e. The van der Waals surface area contributed by atoms with Gasteiger partial charge in [-0.25, -0.2) is 4.98 Å². The molecule has 0 aliphatic heterocycles. The molecule has 1 N–H and O–H groups in total. The normalized spacial score (nSPS) is 10.6. The summed E-state index contributed by atoms with van der Waals surface area (Å²) in [4.78, 5) is 16.6. The molecule has 0 saturated heterocycles. The van der Waals surface area contributed by atoms with Crippen molar-refractivity contribution in [2.24, 2.45) is 0 Å². The van der Waals surface area contributed by atoms with Crippen LogP contribution in [0.3, 0.4) is 0 Å². The minimum atomic E-state index is -0.0314. The first-order valence-corrected chi connectivity index (χ1v) is 5.39. The van der Waals surface area contributed by atoms with Crippen molar-refractivity contribution in [2.45, 2.75) is 13.3 Å². The molecule has 14 heavy (non-hydrogen) atoms. The first-order valence-electron chi connectivity index (χ1n) is 4.51. The van der Waals surface area contributed by atoms with Crippen molar-refractivity contribution in [3.8, 4) is 0 Å². The number of amides is 1. The molecule has 0 atom stereocenters. The van der Waals surface area contributed by atoms with Gasteiger partial charge in [-0.1, -0.05) is 6.92 Å². The summed E-state index contributed by atoms with van der Waals surface area (Å²) in [6.07, 6.45) is 4.44. The second-order valence-electron chi connectivity index (χ2n) is 2.96. The average molecular weight is 209 g/mol. The van der Waals surface area contributed by atoms with E-state index in [0.717, 1.165) is 11.4 Å². The minimum absolute atomic E-state index is 0.0314. The van der Waals surface area contributed by atoms with Crippen molar-refractivity contribution in [1.82, 2.24) is 14.7 Å². The molecule has 2 rings (SSSR count). The predicted octanol–water partition coefficient (Wildman–Crippen LogP) is 1.54. The number of nitrogens with zero attached hydrogens (tertiary/aromatic N) is 2. The predicted molar refractivity (Wildman–Crippen MR) is 55.7 cm³/mol. The zero-order chi connectivity index (χ0) is 9.97. The van der Waals surface area contributed by atoms with E-state index in [4.69, 9.17) is 0 Å². The van der Waals surface area contributed by atoms with E-state index in [2.05, 4.69) is 10.3 Å². The van der Waals surface area contributed by atoms with Gasteiger partial charge >= 0.3 is 0 Å². The van der Waals surface area contributed by atoms with Crippen LogP contribution in [0, 0.1) is 0 Å². The van der Waals surface area contributed by atoms with Crippen LogP contribution in [0.4, 0.5) is 0 Å². The Morgan fingerprint density at radius 2 is 2.57 bits per heavy atom. The van der Waals surface area contributed by atoms with Gasteiger partial charge in [0.05, 0.1) is 0 Å². The number of carbonyl (C=O) groups excluding carboxylic acids is 1. The monoisotopic (exact) mass is 209 g/mol. The molecule has 0 saturated carbocycles. The van der Waals surface area contributed by atoms with Gasteiger partial charge in [-0.3, -0.25) is 9.20 Å². The van der Waals surface area contributed by atoms with E-state index in [1.807, 2.05) is 12.3 Å². The maximum absolute atomic E-state index is 11.6. The molecule has 2 aromatic rings. The smallest absolute Gasteiger partial charge is 0.269 e. The maximum atomic E-state index is 11.6. The summed E-state index contributed by atoms with van der Waals surface area (Å²) in [6, 6.07) is 0. The fourth-order valence-electron chi connectivity index (χ4n) is 1.22. The summed E-state index contributed by atoms with van der Waals surface area (Å²) in [5.41, 5.74) is 0.663. The van der Waals surface area contributed by atoms with Crippen LogP contribution in [0.5, 0.6) is 0 Å². The van der Waals surface area contributed by atoms with Crippen LogP contribution in [0.1, 0.15) is 23.8 Å². The molecule has 5 heteroatoms. The highest BCUT2D eigenvalue weighted by atomic mass is 32.1. The van der Waals surface area contributed by atoms with E-state index in [1.54, 1.807) is 16.8 Å². The molecule has 0 aliphatic carbocycles. The molecular weight excluding hydrogens is 198 g/mol. The summed E-state index contributed by atoms with van der Waals surface area (Å²) >= 11 is 1.47. The Labute approximate surface area is 85.6 Å². The number of imidazole rings is 1. The van der Waals surface area contributed by atoms with Gasteiger partial charge in [-0.05, 0) is 6.42 Å². The van der Waals surface area contributed by atoms with Gasteiger partial charge < -0.3 is 5.32 Å². The van der Waals surface area contributed by atoms with Crippen LogP contribution in [-0.4, -0.2) is 21.8 Å². The molecule has 0 fully saturated rings. The summed E-state index contributed by atoms with van der Waals surface area (Å²) in [5, 5.41) is 4.66. The Bertz CT molecular complexity index is 446. The maximum Gasteiger partial charge on any atom is 0.269 e. The van der Waals surface area contributed by atoms with Crippen molar-refractivity contribution in [2.75, 3.05) is 6.54 Å². The van der Waals surface area contributed by atoms with Gasteiger partial charge in [0.25, 0.3) is 5.91 Å². The zero-order valence-corrected chi connectivity index (χ0v) is 8.67. The first kappa shape index (κ1) is 9.21. The lowest BCUT2D eigenvalue weighted by molar-refractivity contribution is 0.0948. The van der Waals surface area contributed by atoms with Crippen LogP contribution >= 0.6 is 11.3 Å². The number of carbonyl (C=O) groups is 1. The van der Waals surface area contributed by atoms with Crippen molar-refractivity contribution >= 4 is 22.2 Å². The molecule has 0 radical (unpaired) electrons. The number of nitrogens with one attached hydrogen (secondary N) is 1. The summed E-state index contributed by atoms with van der Waals surface area (Å²) < 4.78 is 1.80. The van der Waals surface area contributed by atoms with E-state index < -0.39 is 0 Å². The molecule has 1 amide bonds. The Hall–Kier alpha value is -1.36. The van der Waals surface area contributed by atoms with Crippen molar-refractivity contribution in [1.29, 1.82) is 0 Å². The fraction of sp³-hybridized carbons (Fsp3) is 0.333. The fourth-order valence-corrected chi connectivity index (χ4v) is 2.05. The largest absolute Gasteiger partial charge is 0.351 e. The van der Waals surface area contributed by atoms with Crippen molar-refractivity contribution in [3.05, 3.63) is 23.5 Å². The van der Waals surface area contributed by atoms with E-state index in [0.29, 0.717) is 12.2 Å². The van der Waals surface area contributed by atoms with Crippen LogP contribution in [0.2, 0.25) is 0 Å². The number of rotatable bonds is 3. The standard InChI is InChI=1S/C9H11N3OS/c1-2-3-10-8(13)7-6-14-9-11-4-5-12(7)9/h4-6H,2-3H2,1H3,(H,10,13). The van der Waals surface area contributed by atoms with Gasteiger partial charge in [-0.15, -0.1) is 11.3 Å². The summed E-state index contributed by atoms with van der Waals surface area (Å²) in [5.74, 6) is -0.0314. The highest BCUT2D eigenvalue weighted by Gasteiger charge is 2.10. The second-order valence-corrected chi connectivity index (χ2v) is 3.79. The van der Waals surface area contributed by atoms with Crippen LogP contribution in [0.15, 0.2) is 17.8 Å². The highest BCUT2D eigenvalue weighted by molar-refractivity contribution is 7.15. The Kier molecular flexibility index (Phi) is 2.49. The van der Waals surface area contributed by atoms with Gasteiger partial charge in [0, 0.05) is 24.3 Å². The number of fused-ring (bicyclic) bond motifs is 1. The Balaban J connectivity index is 2.25. The van der Waals surface area contributed by atoms with Crippen molar-refractivity contribution < 1.29 is 4.79 Å². The lowest BCUT2D eigenvalue weighted by Crippen LogP contribution is -2.24.